The Hall–Kier alpha value is -0.950. The van der Waals surface area contributed by atoms with E-state index in [0.29, 0.717) is 6.42 Å². The normalized spacial score (nSPS) is 13.7. The van der Waals surface area contributed by atoms with Crippen molar-refractivity contribution in [1.82, 2.24) is 0 Å². The molecule has 1 rings (SSSR count). The average molecular weight is 231 g/mol. The van der Waals surface area contributed by atoms with Crippen molar-refractivity contribution in [3.05, 3.63) is 35.9 Å². The fourth-order valence-corrected chi connectivity index (χ4v) is 1.50. The predicted octanol–water partition coefficient (Wildman–Crippen LogP) is 0.376. The van der Waals surface area contributed by atoms with Gasteiger partial charge in [0.15, 0.2) is 0 Å². The van der Waals surface area contributed by atoms with Gasteiger partial charge in [0.1, 0.15) is 0 Å². The maximum atomic E-state index is 10.3. The van der Waals surface area contributed by atoms with Crippen LogP contribution >= 0.6 is 0 Å². The lowest BCUT2D eigenvalue weighted by atomic mass is 10.1. The number of rotatable bonds is 5. The summed E-state index contributed by atoms with van der Waals surface area (Å²) in [6, 6.07) is 8.91. The minimum Gasteiger partial charge on any atom is -0.325 e. The van der Waals surface area contributed by atoms with Crippen LogP contribution in [-0.2, 0) is 21.0 Å². The lowest BCUT2D eigenvalue weighted by Crippen LogP contribution is -2.29. The summed E-state index contributed by atoms with van der Waals surface area (Å²) in [7, 11) is -4.39. The topological polar surface area (TPSA) is 89.6 Å². The minimum atomic E-state index is -4.39. The van der Waals surface area contributed by atoms with Gasteiger partial charge in [0, 0.05) is 6.04 Å². The van der Waals surface area contributed by atoms with Crippen molar-refractivity contribution in [2.45, 2.75) is 12.5 Å². The van der Waals surface area contributed by atoms with E-state index in [1.807, 2.05) is 30.3 Å². The van der Waals surface area contributed by atoms with Gasteiger partial charge >= 0.3 is 10.4 Å². The van der Waals surface area contributed by atoms with Gasteiger partial charge in [-0.1, -0.05) is 30.3 Å². The molecule has 0 aliphatic carbocycles. The second kappa shape index (κ2) is 5.22. The third-order valence-corrected chi connectivity index (χ3v) is 2.21. The first-order valence-electron chi connectivity index (χ1n) is 4.39. The van der Waals surface area contributed by atoms with Crippen LogP contribution in [0.2, 0.25) is 0 Å². The molecule has 1 aromatic rings. The van der Waals surface area contributed by atoms with Crippen molar-refractivity contribution in [3.63, 3.8) is 0 Å². The SMILES string of the molecule is NC(COS(=O)(=O)O)Cc1ccccc1. The molecule has 0 saturated heterocycles. The highest BCUT2D eigenvalue weighted by Crippen LogP contribution is 2.02. The summed E-state index contributed by atoms with van der Waals surface area (Å²) in [4.78, 5) is 0. The molecule has 0 amide bonds. The van der Waals surface area contributed by atoms with Gasteiger partial charge in [0.05, 0.1) is 6.61 Å². The van der Waals surface area contributed by atoms with E-state index in [4.69, 9.17) is 10.3 Å². The Labute approximate surface area is 88.8 Å². The van der Waals surface area contributed by atoms with Gasteiger partial charge in [-0.05, 0) is 12.0 Å². The lowest BCUT2D eigenvalue weighted by Gasteiger charge is -2.10. The fraction of sp³-hybridized carbons (Fsp3) is 0.333. The summed E-state index contributed by atoms with van der Waals surface area (Å²) in [5.41, 5.74) is 6.60. The molecule has 0 spiro atoms. The molecule has 15 heavy (non-hydrogen) atoms. The molecule has 0 heterocycles. The summed E-state index contributed by atoms with van der Waals surface area (Å²) in [5, 5.41) is 0. The number of hydrogen-bond acceptors (Lipinski definition) is 4. The molecule has 1 unspecified atom stereocenters. The van der Waals surface area contributed by atoms with Crippen molar-refractivity contribution in [2.75, 3.05) is 6.61 Å². The van der Waals surface area contributed by atoms with Crippen LogP contribution in [-0.4, -0.2) is 25.6 Å². The number of hydrogen-bond donors (Lipinski definition) is 2. The maximum absolute atomic E-state index is 10.3. The van der Waals surface area contributed by atoms with Gasteiger partial charge in [0.25, 0.3) is 0 Å². The first-order chi connectivity index (χ1) is 6.97. The molecular weight excluding hydrogens is 218 g/mol. The van der Waals surface area contributed by atoms with Crippen molar-refractivity contribution < 1.29 is 17.2 Å². The average Bonchev–Trinajstić information content (AvgIpc) is 2.15. The van der Waals surface area contributed by atoms with Crippen LogP contribution in [0.5, 0.6) is 0 Å². The summed E-state index contributed by atoms with van der Waals surface area (Å²) >= 11 is 0. The summed E-state index contributed by atoms with van der Waals surface area (Å²) in [5.74, 6) is 0. The zero-order valence-corrected chi connectivity index (χ0v) is 8.85. The summed E-state index contributed by atoms with van der Waals surface area (Å²) in [6.07, 6.45) is 0.496. The Kier molecular flexibility index (Phi) is 4.22. The lowest BCUT2D eigenvalue weighted by molar-refractivity contribution is 0.250. The second-order valence-electron chi connectivity index (χ2n) is 3.16. The van der Waals surface area contributed by atoms with E-state index in [1.54, 1.807) is 0 Å². The molecule has 0 radical (unpaired) electrons. The molecule has 84 valence electrons. The predicted molar refractivity (Wildman–Crippen MR) is 55.6 cm³/mol. The molecule has 0 fully saturated rings. The van der Waals surface area contributed by atoms with Crippen LogP contribution in [0.4, 0.5) is 0 Å². The Morgan fingerprint density at radius 2 is 1.93 bits per heavy atom. The monoisotopic (exact) mass is 231 g/mol. The van der Waals surface area contributed by atoms with Crippen LogP contribution in [0.3, 0.4) is 0 Å². The van der Waals surface area contributed by atoms with E-state index in [1.165, 1.54) is 0 Å². The smallest absolute Gasteiger partial charge is 0.325 e. The first-order valence-corrected chi connectivity index (χ1v) is 5.75. The maximum Gasteiger partial charge on any atom is 0.397 e. The molecule has 0 aliphatic heterocycles. The van der Waals surface area contributed by atoms with Gasteiger partial charge in [-0.15, -0.1) is 0 Å². The molecule has 0 aromatic heterocycles. The van der Waals surface area contributed by atoms with E-state index < -0.39 is 16.4 Å². The Morgan fingerprint density at radius 3 is 2.47 bits per heavy atom. The standard InChI is InChI=1S/C9H13NO4S/c10-9(7-14-15(11,12)13)6-8-4-2-1-3-5-8/h1-5,9H,6-7,10H2,(H,11,12,13). The molecule has 1 atom stereocenters. The third kappa shape index (κ3) is 5.48. The van der Waals surface area contributed by atoms with E-state index in [0.717, 1.165) is 5.56 Å². The molecule has 0 bridgehead atoms. The quantitative estimate of drug-likeness (QED) is 0.715. The van der Waals surface area contributed by atoms with Crippen LogP contribution in [0.15, 0.2) is 30.3 Å². The van der Waals surface area contributed by atoms with Gasteiger partial charge in [0.2, 0.25) is 0 Å². The highest BCUT2D eigenvalue weighted by molar-refractivity contribution is 7.80. The Bertz CT molecular complexity index is 390. The fourth-order valence-electron chi connectivity index (χ4n) is 1.15. The zero-order chi connectivity index (χ0) is 11.3. The van der Waals surface area contributed by atoms with Gasteiger partial charge in [-0.2, -0.15) is 8.42 Å². The van der Waals surface area contributed by atoms with E-state index in [-0.39, 0.29) is 6.61 Å². The highest BCUT2D eigenvalue weighted by Gasteiger charge is 2.09. The Balaban J connectivity index is 2.40. The summed E-state index contributed by atoms with van der Waals surface area (Å²) < 4.78 is 33.0. The van der Waals surface area contributed by atoms with Crippen LogP contribution < -0.4 is 5.73 Å². The van der Waals surface area contributed by atoms with Gasteiger partial charge < -0.3 is 5.73 Å². The number of benzene rings is 1. The van der Waals surface area contributed by atoms with Crippen molar-refractivity contribution >= 4 is 10.4 Å². The van der Waals surface area contributed by atoms with Crippen LogP contribution in [0, 0.1) is 0 Å². The van der Waals surface area contributed by atoms with Crippen molar-refractivity contribution in [3.8, 4) is 0 Å². The molecule has 6 heteroatoms. The molecule has 0 aliphatic rings. The molecule has 5 nitrogen and oxygen atoms in total. The molecule has 3 N–H and O–H groups in total. The van der Waals surface area contributed by atoms with Crippen LogP contribution in [0.25, 0.3) is 0 Å². The van der Waals surface area contributed by atoms with E-state index >= 15 is 0 Å². The van der Waals surface area contributed by atoms with Gasteiger partial charge in [-0.3, -0.25) is 4.55 Å². The van der Waals surface area contributed by atoms with Crippen LogP contribution in [0.1, 0.15) is 5.56 Å². The minimum absolute atomic E-state index is 0.228. The second-order valence-corrected chi connectivity index (χ2v) is 4.25. The van der Waals surface area contributed by atoms with Crippen molar-refractivity contribution in [2.24, 2.45) is 5.73 Å². The largest absolute Gasteiger partial charge is 0.397 e. The third-order valence-electron chi connectivity index (χ3n) is 1.77. The van der Waals surface area contributed by atoms with E-state index in [9.17, 15) is 8.42 Å². The number of nitrogens with two attached hydrogens (primary N) is 1. The van der Waals surface area contributed by atoms with Crippen molar-refractivity contribution in [1.29, 1.82) is 0 Å². The van der Waals surface area contributed by atoms with Gasteiger partial charge in [-0.25, -0.2) is 4.18 Å². The molecule has 0 saturated carbocycles. The Morgan fingerprint density at radius 1 is 1.33 bits per heavy atom. The van der Waals surface area contributed by atoms with E-state index in [2.05, 4.69) is 4.18 Å². The first kappa shape index (κ1) is 12.1. The zero-order valence-electron chi connectivity index (χ0n) is 8.04. The highest BCUT2D eigenvalue weighted by atomic mass is 32.3. The molecular formula is C9H13NO4S. The summed E-state index contributed by atoms with van der Waals surface area (Å²) in [6.45, 7) is -0.228. The molecule has 1 aromatic carbocycles.